The van der Waals surface area contributed by atoms with Gasteiger partial charge >= 0.3 is 0 Å². The molecule has 5 heteroatoms. The van der Waals surface area contributed by atoms with E-state index in [0.29, 0.717) is 10.6 Å². The van der Waals surface area contributed by atoms with Crippen LogP contribution in [-0.4, -0.2) is 24.6 Å². The number of hydrogen-bond acceptors (Lipinski definition) is 3. The Hall–Kier alpha value is -1.88. The molecule has 1 saturated heterocycles. The van der Waals surface area contributed by atoms with Crippen molar-refractivity contribution in [3.8, 4) is 0 Å². The molecule has 2 N–H and O–H groups in total. The molecule has 24 heavy (non-hydrogen) atoms. The first-order chi connectivity index (χ1) is 11.5. The molecule has 126 valence electrons. The number of carbonyl (C=O) groups excluding carboxylic acids is 1. The lowest BCUT2D eigenvalue weighted by Gasteiger charge is -2.34. The third kappa shape index (κ3) is 3.96. The molecule has 1 amide bonds. The molecule has 1 heterocycles. The van der Waals surface area contributed by atoms with Crippen molar-refractivity contribution in [2.24, 2.45) is 0 Å². The predicted molar refractivity (Wildman–Crippen MR) is 96.6 cm³/mol. The van der Waals surface area contributed by atoms with E-state index in [2.05, 4.69) is 24.5 Å². The van der Waals surface area contributed by atoms with E-state index in [-0.39, 0.29) is 24.2 Å². The van der Waals surface area contributed by atoms with Gasteiger partial charge in [-0.05, 0) is 49.7 Å². The average molecular weight is 345 g/mol. The number of halogens is 1. The highest BCUT2D eigenvalue weighted by atomic mass is 35.5. The van der Waals surface area contributed by atoms with E-state index in [1.54, 1.807) is 24.3 Å². The lowest BCUT2D eigenvalue weighted by Crippen LogP contribution is -2.45. The van der Waals surface area contributed by atoms with Gasteiger partial charge in [-0.2, -0.15) is 0 Å². The molecular weight excluding hydrogens is 324 g/mol. The zero-order valence-electron chi connectivity index (χ0n) is 13.8. The summed E-state index contributed by atoms with van der Waals surface area (Å²) in [7, 11) is 0. The van der Waals surface area contributed by atoms with Gasteiger partial charge in [0, 0.05) is 28.9 Å². The van der Waals surface area contributed by atoms with Crippen LogP contribution in [0.15, 0.2) is 48.5 Å². The summed E-state index contributed by atoms with van der Waals surface area (Å²) in [6.45, 7) is 5.01. The second-order valence-electron chi connectivity index (χ2n) is 6.15. The first kappa shape index (κ1) is 17.0. The second-order valence-corrected chi connectivity index (χ2v) is 6.59. The van der Waals surface area contributed by atoms with Crippen LogP contribution in [0.25, 0.3) is 0 Å². The van der Waals surface area contributed by atoms with Crippen LogP contribution in [-0.2, 0) is 4.74 Å². The maximum Gasteiger partial charge on any atom is 0.255 e. The third-order valence-electron chi connectivity index (χ3n) is 4.12. The molecule has 0 spiro atoms. The molecule has 0 aromatic heterocycles. The normalized spacial score (nSPS) is 23.7. The quantitative estimate of drug-likeness (QED) is 0.883. The summed E-state index contributed by atoms with van der Waals surface area (Å²) >= 11 is 5.94. The van der Waals surface area contributed by atoms with Crippen molar-refractivity contribution >= 4 is 23.2 Å². The molecule has 0 radical (unpaired) electrons. The van der Waals surface area contributed by atoms with Gasteiger partial charge in [0.15, 0.2) is 0 Å². The van der Waals surface area contributed by atoms with E-state index < -0.39 is 0 Å². The second kappa shape index (κ2) is 7.34. The first-order valence-electron chi connectivity index (χ1n) is 8.08. The van der Waals surface area contributed by atoms with Crippen LogP contribution >= 0.6 is 11.6 Å². The highest BCUT2D eigenvalue weighted by Crippen LogP contribution is 2.28. The molecule has 0 unspecified atom stereocenters. The van der Waals surface area contributed by atoms with Gasteiger partial charge in [-0.15, -0.1) is 0 Å². The van der Waals surface area contributed by atoms with E-state index in [1.165, 1.54) is 0 Å². The zero-order valence-corrected chi connectivity index (χ0v) is 14.5. The van der Waals surface area contributed by atoms with Gasteiger partial charge in [0.2, 0.25) is 0 Å². The lowest BCUT2D eigenvalue weighted by molar-refractivity contribution is -0.0519. The van der Waals surface area contributed by atoms with Crippen LogP contribution in [0.5, 0.6) is 0 Å². The van der Waals surface area contributed by atoms with E-state index in [4.69, 9.17) is 16.3 Å². The minimum Gasteiger partial charge on any atom is -0.368 e. The Morgan fingerprint density at radius 1 is 1.21 bits per heavy atom. The number of amides is 1. The fraction of sp³-hybridized carbons (Fsp3) is 0.316. The molecule has 1 aliphatic rings. The summed E-state index contributed by atoms with van der Waals surface area (Å²) in [6, 6.07) is 14.9. The Bertz CT molecular complexity index is 735. The Kier molecular flexibility index (Phi) is 5.19. The number of morpholine rings is 1. The van der Waals surface area contributed by atoms with Crippen molar-refractivity contribution in [3.63, 3.8) is 0 Å². The zero-order chi connectivity index (χ0) is 17.1. The minimum absolute atomic E-state index is 0.0308. The first-order valence-corrected chi connectivity index (χ1v) is 8.46. The van der Waals surface area contributed by atoms with Crippen LogP contribution in [0, 0.1) is 0 Å². The number of benzene rings is 2. The standard InChI is InChI=1S/C19H21ClN2O2/c1-12-11-21-13(2)18(24-12)14-5-4-8-17(10-14)22-19(23)15-6-3-7-16(20)9-15/h3-10,12-13,18,21H,11H2,1-2H3,(H,22,23)/t12-,13-,18-/m1/s1. The molecule has 2 aromatic carbocycles. The number of ether oxygens (including phenoxy) is 1. The molecule has 0 saturated carbocycles. The summed E-state index contributed by atoms with van der Waals surface area (Å²) in [5, 5.41) is 6.91. The molecule has 0 bridgehead atoms. The number of rotatable bonds is 3. The molecule has 0 aliphatic carbocycles. The number of carbonyl (C=O) groups is 1. The molecule has 4 nitrogen and oxygen atoms in total. The van der Waals surface area contributed by atoms with Crippen LogP contribution in [0.3, 0.4) is 0 Å². The summed E-state index contributed by atoms with van der Waals surface area (Å²) in [5.41, 5.74) is 2.32. The van der Waals surface area contributed by atoms with Gasteiger partial charge in [-0.1, -0.05) is 29.8 Å². The molecule has 1 aliphatic heterocycles. The van der Waals surface area contributed by atoms with Crippen LogP contribution in [0.2, 0.25) is 5.02 Å². The summed E-state index contributed by atoms with van der Waals surface area (Å²) in [5.74, 6) is -0.182. The van der Waals surface area contributed by atoms with Gasteiger partial charge < -0.3 is 15.4 Å². The van der Waals surface area contributed by atoms with Crippen molar-refractivity contribution in [2.45, 2.75) is 32.1 Å². The maximum absolute atomic E-state index is 12.4. The number of hydrogen-bond donors (Lipinski definition) is 2. The topological polar surface area (TPSA) is 50.4 Å². The van der Waals surface area contributed by atoms with Crippen LogP contribution in [0.1, 0.15) is 35.9 Å². The Labute approximate surface area is 147 Å². The number of nitrogens with one attached hydrogen (secondary N) is 2. The third-order valence-corrected chi connectivity index (χ3v) is 4.36. The highest BCUT2D eigenvalue weighted by molar-refractivity contribution is 6.31. The van der Waals surface area contributed by atoms with Crippen molar-refractivity contribution in [1.29, 1.82) is 0 Å². The van der Waals surface area contributed by atoms with Crippen molar-refractivity contribution in [1.82, 2.24) is 5.32 Å². The smallest absolute Gasteiger partial charge is 0.255 e. The van der Waals surface area contributed by atoms with Crippen molar-refractivity contribution < 1.29 is 9.53 Å². The van der Waals surface area contributed by atoms with E-state index in [9.17, 15) is 4.79 Å². The lowest BCUT2D eigenvalue weighted by atomic mass is 10.0. The van der Waals surface area contributed by atoms with Crippen LogP contribution in [0.4, 0.5) is 5.69 Å². The number of anilines is 1. The molecule has 3 atom stereocenters. The monoisotopic (exact) mass is 344 g/mol. The Morgan fingerprint density at radius 3 is 2.79 bits per heavy atom. The minimum atomic E-state index is -0.182. The maximum atomic E-state index is 12.4. The summed E-state index contributed by atoms with van der Waals surface area (Å²) < 4.78 is 6.05. The molecule has 2 aromatic rings. The van der Waals surface area contributed by atoms with Crippen LogP contribution < -0.4 is 10.6 Å². The Balaban J connectivity index is 1.77. The SMILES string of the molecule is C[C@@H]1CN[C@H](C)[C@H](c2cccc(NC(=O)c3cccc(Cl)c3)c2)O1. The van der Waals surface area contributed by atoms with Gasteiger partial charge in [0.25, 0.3) is 5.91 Å². The largest absolute Gasteiger partial charge is 0.368 e. The van der Waals surface area contributed by atoms with Crippen molar-refractivity contribution in [3.05, 3.63) is 64.7 Å². The summed E-state index contributed by atoms with van der Waals surface area (Å²) in [4.78, 5) is 12.4. The van der Waals surface area contributed by atoms with E-state index >= 15 is 0 Å². The van der Waals surface area contributed by atoms with Gasteiger partial charge in [0.05, 0.1) is 12.2 Å². The average Bonchev–Trinajstić information content (AvgIpc) is 2.57. The van der Waals surface area contributed by atoms with Gasteiger partial charge in [-0.3, -0.25) is 4.79 Å². The fourth-order valence-corrected chi connectivity index (χ4v) is 3.06. The highest BCUT2D eigenvalue weighted by Gasteiger charge is 2.27. The fourth-order valence-electron chi connectivity index (χ4n) is 2.87. The molecule has 3 rings (SSSR count). The predicted octanol–water partition coefficient (Wildman–Crippen LogP) is 4.03. The van der Waals surface area contributed by atoms with Crippen molar-refractivity contribution in [2.75, 3.05) is 11.9 Å². The summed E-state index contributed by atoms with van der Waals surface area (Å²) in [6.07, 6.45) is 0.132. The Morgan fingerprint density at radius 2 is 2.00 bits per heavy atom. The molecular formula is C19H21ClN2O2. The van der Waals surface area contributed by atoms with Gasteiger partial charge in [-0.25, -0.2) is 0 Å². The molecule has 1 fully saturated rings. The van der Waals surface area contributed by atoms with Gasteiger partial charge in [0.1, 0.15) is 0 Å². The van der Waals surface area contributed by atoms with E-state index in [0.717, 1.165) is 17.8 Å². The van der Waals surface area contributed by atoms with E-state index in [1.807, 2.05) is 24.3 Å².